The molecule has 0 aliphatic carbocycles. The van der Waals surface area contributed by atoms with Gasteiger partial charge in [-0.1, -0.05) is 41.7 Å². The van der Waals surface area contributed by atoms with Gasteiger partial charge < -0.3 is 18.9 Å². The van der Waals surface area contributed by atoms with E-state index >= 15 is 0 Å². The molecule has 8 nitrogen and oxygen atoms in total. The molecule has 198 valence electrons. The Balaban J connectivity index is 1.64. The van der Waals surface area contributed by atoms with Gasteiger partial charge >= 0.3 is 5.97 Å². The maximum Gasteiger partial charge on any atom is 0.338 e. The van der Waals surface area contributed by atoms with Gasteiger partial charge in [0.2, 0.25) is 6.79 Å². The molecule has 3 heterocycles. The Kier molecular flexibility index (Phi) is 6.23. The van der Waals surface area contributed by atoms with Crippen molar-refractivity contribution in [2.45, 2.75) is 26.8 Å². The standard InChI is InChI=1S/C30H26N2O6S/c1-5-36-29(34)25-17(3)31-30-32(27(25)26-20-9-7-6-8-18(20)10-11-21(26)35-4)28(33)24(39-30)14-19-13-23-22(12-16(19)2)37-15-38-23/h6-14,27H,5,15H2,1-4H3/b24-14-/t27-/m0/s1. The zero-order chi connectivity index (χ0) is 27.3. The molecule has 6 rings (SSSR count). The molecule has 39 heavy (non-hydrogen) atoms. The highest BCUT2D eigenvalue weighted by Crippen LogP contribution is 2.40. The van der Waals surface area contributed by atoms with Gasteiger partial charge in [0.15, 0.2) is 16.3 Å². The topological polar surface area (TPSA) is 88.4 Å². The summed E-state index contributed by atoms with van der Waals surface area (Å²) in [5.41, 5.74) is 3.04. The molecule has 9 heteroatoms. The van der Waals surface area contributed by atoms with E-state index in [1.807, 2.05) is 61.5 Å². The number of allylic oxidation sites excluding steroid dienone is 1. The molecular weight excluding hydrogens is 516 g/mol. The molecule has 4 aromatic rings. The van der Waals surface area contributed by atoms with Crippen LogP contribution < -0.4 is 29.1 Å². The monoisotopic (exact) mass is 542 g/mol. The Bertz CT molecular complexity index is 1870. The van der Waals surface area contributed by atoms with Gasteiger partial charge in [0, 0.05) is 5.56 Å². The number of aromatic nitrogens is 1. The van der Waals surface area contributed by atoms with E-state index in [1.54, 1.807) is 25.5 Å². The number of benzene rings is 3. The lowest BCUT2D eigenvalue weighted by molar-refractivity contribution is -0.139. The number of fused-ring (bicyclic) bond motifs is 3. The van der Waals surface area contributed by atoms with Crippen LogP contribution in [0.15, 0.2) is 69.6 Å². The number of rotatable bonds is 5. The highest BCUT2D eigenvalue weighted by molar-refractivity contribution is 7.07. The molecule has 2 aliphatic heterocycles. The van der Waals surface area contributed by atoms with Crippen LogP contribution in [0.25, 0.3) is 16.8 Å². The van der Waals surface area contributed by atoms with Gasteiger partial charge in [0.25, 0.3) is 5.56 Å². The minimum atomic E-state index is -0.790. The predicted octanol–water partition coefficient (Wildman–Crippen LogP) is 4.00. The number of ether oxygens (including phenoxy) is 4. The third kappa shape index (κ3) is 4.10. The van der Waals surface area contributed by atoms with Crippen molar-refractivity contribution < 1.29 is 23.7 Å². The normalized spacial score (nSPS) is 16.3. The van der Waals surface area contributed by atoms with Crippen LogP contribution in [0.5, 0.6) is 17.2 Å². The Hall–Kier alpha value is -4.37. The van der Waals surface area contributed by atoms with Crippen molar-refractivity contribution >= 4 is 34.2 Å². The third-order valence-corrected chi connectivity index (χ3v) is 7.97. The molecule has 0 saturated carbocycles. The summed E-state index contributed by atoms with van der Waals surface area (Å²) in [4.78, 5) is 32.7. The van der Waals surface area contributed by atoms with Crippen LogP contribution in [0.4, 0.5) is 0 Å². The van der Waals surface area contributed by atoms with Crippen LogP contribution in [-0.2, 0) is 9.53 Å². The minimum Gasteiger partial charge on any atom is -0.496 e. The van der Waals surface area contributed by atoms with E-state index in [9.17, 15) is 9.59 Å². The Labute approximate surface area is 228 Å². The van der Waals surface area contributed by atoms with Gasteiger partial charge in [-0.25, -0.2) is 9.79 Å². The highest BCUT2D eigenvalue weighted by atomic mass is 32.1. The number of nitrogens with zero attached hydrogens (tertiary/aromatic N) is 2. The van der Waals surface area contributed by atoms with Gasteiger partial charge in [-0.3, -0.25) is 9.36 Å². The number of methoxy groups -OCH3 is 1. The maximum absolute atomic E-state index is 14.1. The van der Waals surface area contributed by atoms with E-state index < -0.39 is 12.0 Å². The average molecular weight is 543 g/mol. The van der Waals surface area contributed by atoms with Crippen molar-refractivity contribution in [2.75, 3.05) is 20.5 Å². The quantitative estimate of drug-likeness (QED) is 0.355. The van der Waals surface area contributed by atoms with Crippen LogP contribution in [0.1, 0.15) is 36.6 Å². The molecule has 1 atom stereocenters. The predicted molar refractivity (Wildman–Crippen MR) is 148 cm³/mol. The van der Waals surface area contributed by atoms with Gasteiger partial charge in [-0.15, -0.1) is 0 Å². The van der Waals surface area contributed by atoms with Crippen molar-refractivity contribution in [3.8, 4) is 17.2 Å². The third-order valence-electron chi connectivity index (χ3n) is 6.99. The summed E-state index contributed by atoms with van der Waals surface area (Å²) in [6.07, 6.45) is 1.84. The van der Waals surface area contributed by atoms with Crippen molar-refractivity contribution in [1.82, 2.24) is 4.57 Å². The van der Waals surface area contributed by atoms with Gasteiger partial charge in [-0.05, 0) is 66.9 Å². The van der Waals surface area contributed by atoms with Crippen molar-refractivity contribution in [2.24, 2.45) is 4.99 Å². The minimum absolute atomic E-state index is 0.170. The number of hydrogen-bond acceptors (Lipinski definition) is 8. The second-order valence-corrected chi connectivity index (χ2v) is 10.3. The summed E-state index contributed by atoms with van der Waals surface area (Å²) in [6, 6.07) is 14.6. The van der Waals surface area contributed by atoms with Crippen molar-refractivity contribution in [1.29, 1.82) is 0 Å². The fourth-order valence-corrected chi connectivity index (χ4v) is 6.19. The van der Waals surface area contributed by atoms with E-state index in [0.717, 1.165) is 21.9 Å². The molecule has 0 amide bonds. The molecule has 0 bridgehead atoms. The summed E-state index contributed by atoms with van der Waals surface area (Å²) in [5.74, 6) is 1.37. The average Bonchev–Trinajstić information content (AvgIpc) is 3.50. The molecule has 0 radical (unpaired) electrons. The van der Waals surface area contributed by atoms with E-state index in [1.165, 1.54) is 11.3 Å². The van der Waals surface area contributed by atoms with Crippen molar-refractivity contribution in [3.63, 3.8) is 0 Å². The molecule has 0 fully saturated rings. The lowest BCUT2D eigenvalue weighted by Crippen LogP contribution is -2.40. The summed E-state index contributed by atoms with van der Waals surface area (Å²) in [7, 11) is 1.58. The van der Waals surface area contributed by atoms with Crippen LogP contribution in [0.3, 0.4) is 0 Å². The number of esters is 1. The van der Waals surface area contributed by atoms with E-state index in [2.05, 4.69) is 0 Å². The van der Waals surface area contributed by atoms with Crippen LogP contribution in [0, 0.1) is 6.92 Å². The second kappa shape index (κ2) is 9.74. The van der Waals surface area contributed by atoms with E-state index in [-0.39, 0.29) is 19.0 Å². The largest absolute Gasteiger partial charge is 0.496 e. The van der Waals surface area contributed by atoms with Crippen LogP contribution in [0.2, 0.25) is 0 Å². The van der Waals surface area contributed by atoms with Gasteiger partial charge in [-0.2, -0.15) is 0 Å². The zero-order valence-electron chi connectivity index (χ0n) is 21.9. The molecular formula is C30H26N2O6S. The Morgan fingerprint density at radius 1 is 1.15 bits per heavy atom. The molecule has 0 N–H and O–H groups in total. The fourth-order valence-electron chi connectivity index (χ4n) is 5.16. The number of thiazole rings is 1. The SMILES string of the molecule is CCOC(=O)C1=C(C)N=c2s/c(=C\c3cc4c(cc3C)OCO4)c(=O)n2[C@@H]1c1c(OC)ccc2ccccc12. The number of carbonyl (C=O) groups excluding carboxylic acids is 1. The molecule has 0 unspecified atom stereocenters. The summed E-state index contributed by atoms with van der Waals surface area (Å²) in [5, 5.41) is 1.84. The van der Waals surface area contributed by atoms with Crippen LogP contribution >= 0.6 is 11.3 Å². The Morgan fingerprint density at radius 2 is 1.92 bits per heavy atom. The number of aryl methyl sites for hydroxylation is 1. The molecule has 3 aromatic carbocycles. The van der Waals surface area contributed by atoms with Gasteiger partial charge in [0.05, 0.1) is 29.5 Å². The number of carbonyl (C=O) groups is 1. The number of hydrogen-bond donors (Lipinski definition) is 0. The second-order valence-electron chi connectivity index (χ2n) is 9.27. The molecule has 1 aromatic heterocycles. The van der Waals surface area contributed by atoms with E-state index in [0.29, 0.717) is 43.4 Å². The summed E-state index contributed by atoms with van der Waals surface area (Å²) in [6.45, 7) is 5.85. The van der Waals surface area contributed by atoms with Crippen molar-refractivity contribution in [3.05, 3.63) is 96.2 Å². The fraction of sp³-hybridized carbons (Fsp3) is 0.233. The maximum atomic E-state index is 14.1. The van der Waals surface area contributed by atoms with E-state index in [4.69, 9.17) is 23.9 Å². The highest BCUT2D eigenvalue weighted by Gasteiger charge is 2.36. The smallest absolute Gasteiger partial charge is 0.338 e. The summed E-state index contributed by atoms with van der Waals surface area (Å²) >= 11 is 1.28. The lowest BCUT2D eigenvalue weighted by Gasteiger charge is -2.27. The summed E-state index contributed by atoms with van der Waals surface area (Å²) < 4.78 is 24.4. The Morgan fingerprint density at radius 3 is 2.69 bits per heavy atom. The van der Waals surface area contributed by atoms with Gasteiger partial charge in [0.1, 0.15) is 11.8 Å². The zero-order valence-corrected chi connectivity index (χ0v) is 22.8. The first-order valence-electron chi connectivity index (χ1n) is 12.6. The van der Waals surface area contributed by atoms with Crippen LogP contribution in [-0.4, -0.2) is 31.0 Å². The molecule has 2 aliphatic rings. The molecule has 0 spiro atoms. The first-order chi connectivity index (χ1) is 18.9. The molecule has 0 saturated heterocycles. The first kappa shape index (κ1) is 24.9. The first-order valence-corrected chi connectivity index (χ1v) is 13.4. The lowest BCUT2D eigenvalue weighted by atomic mass is 9.90.